The molecule has 1 aromatic heterocycles. The molecule has 5 N–H and O–H groups in total. The van der Waals surface area contributed by atoms with E-state index in [0.717, 1.165) is 37.0 Å². The topological polar surface area (TPSA) is 119 Å². The molecule has 0 aliphatic carbocycles. The van der Waals surface area contributed by atoms with Crippen LogP contribution in [0.5, 0.6) is 0 Å². The SMILES string of the molecule is CN1CCCC1CNc1sc(C(N)=O)c(N)c1S(C)(=O)=O. The van der Waals surface area contributed by atoms with Crippen LogP contribution < -0.4 is 16.8 Å². The van der Waals surface area contributed by atoms with E-state index in [1.807, 2.05) is 7.05 Å². The predicted octanol–water partition coefficient (Wildman–Crippen LogP) is 0.339. The van der Waals surface area contributed by atoms with Crippen LogP contribution in [0.1, 0.15) is 22.5 Å². The van der Waals surface area contributed by atoms with Crippen LogP contribution in [0.2, 0.25) is 0 Å². The molecule has 1 aliphatic heterocycles. The fourth-order valence-corrected chi connectivity index (χ4v) is 4.97. The van der Waals surface area contributed by atoms with Gasteiger partial charge >= 0.3 is 0 Å². The summed E-state index contributed by atoms with van der Waals surface area (Å²) in [6.45, 7) is 1.64. The van der Waals surface area contributed by atoms with Gasteiger partial charge in [0, 0.05) is 18.8 Å². The summed E-state index contributed by atoms with van der Waals surface area (Å²) in [5.41, 5.74) is 11.0. The molecule has 21 heavy (non-hydrogen) atoms. The molecular formula is C12H20N4O3S2. The fraction of sp³-hybridized carbons (Fsp3) is 0.583. The van der Waals surface area contributed by atoms with E-state index in [1.165, 1.54) is 0 Å². The number of amides is 1. The Labute approximate surface area is 128 Å². The van der Waals surface area contributed by atoms with Crippen LogP contribution in [-0.4, -0.2) is 51.7 Å². The maximum absolute atomic E-state index is 11.9. The molecular weight excluding hydrogens is 312 g/mol. The van der Waals surface area contributed by atoms with Crippen LogP contribution in [0.15, 0.2) is 4.90 Å². The summed E-state index contributed by atoms with van der Waals surface area (Å²) in [6, 6.07) is 0.345. The largest absolute Gasteiger partial charge is 0.396 e. The summed E-state index contributed by atoms with van der Waals surface area (Å²) >= 11 is 0.997. The fourth-order valence-electron chi connectivity index (χ4n) is 2.54. The molecule has 0 spiro atoms. The van der Waals surface area contributed by atoms with Crippen molar-refractivity contribution in [3.05, 3.63) is 4.88 Å². The highest BCUT2D eigenvalue weighted by molar-refractivity contribution is 7.91. The molecule has 1 fully saturated rings. The van der Waals surface area contributed by atoms with Crippen molar-refractivity contribution in [2.24, 2.45) is 5.73 Å². The number of nitrogens with zero attached hydrogens (tertiary/aromatic N) is 1. The second kappa shape index (κ2) is 5.82. The molecule has 0 bridgehead atoms. The maximum Gasteiger partial charge on any atom is 0.261 e. The van der Waals surface area contributed by atoms with E-state index in [1.54, 1.807) is 0 Å². The first-order valence-electron chi connectivity index (χ1n) is 6.58. The van der Waals surface area contributed by atoms with Gasteiger partial charge in [0.25, 0.3) is 5.91 Å². The Balaban J connectivity index is 2.29. The van der Waals surface area contributed by atoms with E-state index in [0.29, 0.717) is 17.6 Å². The van der Waals surface area contributed by atoms with Crippen LogP contribution in [0.4, 0.5) is 10.7 Å². The number of carbonyl (C=O) groups is 1. The molecule has 1 aromatic rings. The van der Waals surface area contributed by atoms with Crippen molar-refractivity contribution in [3.63, 3.8) is 0 Å². The van der Waals surface area contributed by atoms with Gasteiger partial charge < -0.3 is 21.7 Å². The maximum atomic E-state index is 11.9. The van der Waals surface area contributed by atoms with Crippen LogP contribution in [0.25, 0.3) is 0 Å². The van der Waals surface area contributed by atoms with Crippen molar-refractivity contribution >= 4 is 37.8 Å². The molecule has 2 rings (SSSR count). The molecule has 1 amide bonds. The zero-order chi connectivity index (χ0) is 15.8. The molecule has 1 aliphatic rings. The number of thiophene rings is 1. The second-order valence-corrected chi connectivity index (χ2v) is 8.27. The van der Waals surface area contributed by atoms with Gasteiger partial charge in [-0.2, -0.15) is 0 Å². The van der Waals surface area contributed by atoms with Crippen molar-refractivity contribution in [1.29, 1.82) is 0 Å². The average Bonchev–Trinajstić information content (AvgIpc) is 2.89. The summed E-state index contributed by atoms with van der Waals surface area (Å²) in [4.78, 5) is 13.6. The van der Waals surface area contributed by atoms with Crippen LogP contribution in [0.3, 0.4) is 0 Å². The number of anilines is 2. The standard InChI is InChI=1S/C12H20N4O3S2/c1-16-5-3-4-7(16)6-15-12-10(21(2,18)19)8(13)9(20-12)11(14)17/h7,15H,3-6,13H2,1-2H3,(H2,14,17). The highest BCUT2D eigenvalue weighted by Gasteiger charge is 2.27. The first kappa shape index (κ1) is 16.1. The van der Waals surface area contributed by atoms with Gasteiger partial charge in [0.1, 0.15) is 14.8 Å². The minimum absolute atomic E-state index is 0.0260. The van der Waals surface area contributed by atoms with Gasteiger partial charge in [0.15, 0.2) is 9.84 Å². The van der Waals surface area contributed by atoms with Gasteiger partial charge in [-0.1, -0.05) is 0 Å². The molecule has 1 saturated heterocycles. The number of hydrogen-bond donors (Lipinski definition) is 3. The molecule has 0 aromatic carbocycles. The van der Waals surface area contributed by atoms with Gasteiger partial charge in [-0.3, -0.25) is 4.79 Å². The van der Waals surface area contributed by atoms with Crippen molar-refractivity contribution < 1.29 is 13.2 Å². The van der Waals surface area contributed by atoms with Crippen LogP contribution >= 0.6 is 11.3 Å². The van der Waals surface area contributed by atoms with Gasteiger partial charge in [-0.25, -0.2) is 8.42 Å². The molecule has 0 radical (unpaired) electrons. The van der Waals surface area contributed by atoms with E-state index in [2.05, 4.69) is 10.2 Å². The third-order valence-electron chi connectivity index (χ3n) is 3.66. The number of primary amides is 1. The van der Waals surface area contributed by atoms with E-state index in [9.17, 15) is 13.2 Å². The van der Waals surface area contributed by atoms with Gasteiger partial charge in [-0.05, 0) is 26.4 Å². The second-order valence-electron chi connectivity index (χ2n) is 5.30. The van der Waals surface area contributed by atoms with Crippen LogP contribution in [-0.2, 0) is 9.84 Å². The molecule has 118 valence electrons. The molecule has 1 unspecified atom stereocenters. The number of nitrogen functional groups attached to an aromatic ring is 1. The summed E-state index contributed by atoms with van der Waals surface area (Å²) in [5.74, 6) is -0.714. The van der Waals surface area contributed by atoms with E-state index in [-0.39, 0.29) is 15.5 Å². The van der Waals surface area contributed by atoms with Crippen molar-refractivity contribution in [1.82, 2.24) is 4.90 Å². The highest BCUT2D eigenvalue weighted by Crippen LogP contribution is 2.39. The Morgan fingerprint density at radius 1 is 1.52 bits per heavy atom. The minimum atomic E-state index is -3.53. The summed E-state index contributed by atoms with van der Waals surface area (Å²) < 4.78 is 23.8. The highest BCUT2D eigenvalue weighted by atomic mass is 32.2. The lowest BCUT2D eigenvalue weighted by Crippen LogP contribution is -2.31. The van der Waals surface area contributed by atoms with Gasteiger partial charge in [0.2, 0.25) is 0 Å². The lowest BCUT2D eigenvalue weighted by molar-refractivity contribution is 0.100. The number of rotatable bonds is 5. The van der Waals surface area contributed by atoms with Gasteiger partial charge in [0.05, 0.1) is 5.69 Å². The smallest absolute Gasteiger partial charge is 0.261 e. The number of nitrogens with two attached hydrogens (primary N) is 2. The average molecular weight is 332 g/mol. The number of likely N-dealkylation sites (N-methyl/N-ethyl adjacent to an activating group) is 1. The first-order valence-corrected chi connectivity index (χ1v) is 9.29. The number of sulfone groups is 1. The first-order chi connectivity index (χ1) is 9.71. The van der Waals surface area contributed by atoms with E-state index >= 15 is 0 Å². The predicted molar refractivity (Wildman–Crippen MR) is 84.5 cm³/mol. The zero-order valence-electron chi connectivity index (χ0n) is 12.0. The molecule has 0 saturated carbocycles. The van der Waals surface area contributed by atoms with Crippen molar-refractivity contribution in [2.75, 3.05) is 37.4 Å². The van der Waals surface area contributed by atoms with E-state index < -0.39 is 15.7 Å². The summed E-state index contributed by atoms with van der Waals surface area (Å²) in [6.07, 6.45) is 3.26. The van der Waals surface area contributed by atoms with E-state index in [4.69, 9.17) is 11.5 Å². The number of nitrogens with one attached hydrogen (secondary N) is 1. The Morgan fingerprint density at radius 3 is 2.67 bits per heavy atom. The minimum Gasteiger partial charge on any atom is -0.396 e. The zero-order valence-corrected chi connectivity index (χ0v) is 13.7. The number of carbonyl (C=O) groups excluding carboxylic acids is 1. The van der Waals surface area contributed by atoms with Crippen LogP contribution in [0, 0.1) is 0 Å². The normalized spacial score (nSPS) is 19.8. The number of hydrogen-bond acceptors (Lipinski definition) is 7. The molecule has 7 nitrogen and oxygen atoms in total. The Hall–Kier alpha value is -1.32. The number of likely N-dealkylation sites (tertiary alicyclic amines) is 1. The summed E-state index contributed by atoms with van der Waals surface area (Å²) in [5, 5.41) is 3.51. The third-order valence-corrected chi connectivity index (χ3v) is 6.14. The van der Waals surface area contributed by atoms with Crippen molar-refractivity contribution in [2.45, 2.75) is 23.8 Å². The molecule has 1 atom stereocenters. The molecule has 9 heteroatoms. The quantitative estimate of drug-likeness (QED) is 0.715. The van der Waals surface area contributed by atoms with Gasteiger partial charge in [-0.15, -0.1) is 11.3 Å². The monoisotopic (exact) mass is 332 g/mol. The Morgan fingerprint density at radius 2 is 2.19 bits per heavy atom. The Kier molecular flexibility index (Phi) is 4.45. The van der Waals surface area contributed by atoms with Crippen molar-refractivity contribution in [3.8, 4) is 0 Å². The third kappa shape index (κ3) is 3.30. The lowest BCUT2D eigenvalue weighted by atomic mass is 10.2. The lowest BCUT2D eigenvalue weighted by Gasteiger charge is -2.20. The molecule has 2 heterocycles. The summed E-state index contributed by atoms with van der Waals surface area (Å²) in [7, 11) is -1.50. The Bertz CT molecular complexity index is 654.